The zero-order valence-corrected chi connectivity index (χ0v) is 11.1. The molecule has 2 rings (SSSR count). The fourth-order valence-electron chi connectivity index (χ4n) is 1.83. The van der Waals surface area contributed by atoms with E-state index in [1.54, 1.807) is 43.5 Å². The summed E-state index contributed by atoms with van der Waals surface area (Å²) in [5.74, 6) is 0.816. The number of hydrogen-bond donors (Lipinski definition) is 3. The van der Waals surface area contributed by atoms with Crippen molar-refractivity contribution >= 4 is 11.4 Å². The van der Waals surface area contributed by atoms with Crippen molar-refractivity contribution in [1.82, 2.24) is 0 Å². The third-order valence-corrected chi connectivity index (χ3v) is 2.92. The second kappa shape index (κ2) is 5.85. The number of benzene rings is 2. The standard InChI is InChI=1S/C15H15N3O2/c1-20-13-4-2-10(8-16)14(7-13)18-9-11-6-12(17)3-5-15(11)19/h2-7,18-19H,9,17H2,1H3. The molecule has 0 aliphatic rings. The molecule has 0 spiro atoms. The highest BCUT2D eigenvalue weighted by molar-refractivity contribution is 5.61. The number of nitrogen functional groups attached to an aromatic ring is 1. The summed E-state index contributed by atoms with van der Waals surface area (Å²) in [6.45, 7) is 0.360. The molecule has 0 aromatic heterocycles. The van der Waals surface area contributed by atoms with Crippen LogP contribution in [0.1, 0.15) is 11.1 Å². The summed E-state index contributed by atoms with van der Waals surface area (Å²) in [5, 5.41) is 21.9. The second-order valence-electron chi connectivity index (χ2n) is 4.27. The summed E-state index contributed by atoms with van der Waals surface area (Å²) in [6.07, 6.45) is 0. The van der Waals surface area contributed by atoms with Crippen LogP contribution in [0.15, 0.2) is 36.4 Å². The minimum atomic E-state index is 0.160. The molecule has 0 radical (unpaired) electrons. The predicted octanol–water partition coefficient (Wildman–Crippen LogP) is 2.47. The fourth-order valence-corrected chi connectivity index (χ4v) is 1.83. The van der Waals surface area contributed by atoms with Crippen LogP contribution < -0.4 is 15.8 Å². The lowest BCUT2D eigenvalue weighted by Crippen LogP contribution is -2.02. The van der Waals surface area contributed by atoms with Crippen molar-refractivity contribution in [2.24, 2.45) is 0 Å². The highest BCUT2D eigenvalue weighted by atomic mass is 16.5. The molecule has 0 saturated heterocycles. The van der Waals surface area contributed by atoms with Crippen LogP contribution in [0.2, 0.25) is 0 Å². The molecule has 102 valence electrons. The molecular formula is C15H15N3O2. The van der Waals surface area contributed by atoms with Crippen LogP contribution in [0.25, 0.3) is 0 Å². The first kappa shape index (κ1) is 13.6. The molecule has 5 heteroatoms. The number of rotatable bonds is 4. The summed E-state index contributed by atoms with van der Waals surface area (Å²) in [7, 11) is 1.56. The largest absolute Gasteiger partial charge is 0.508 e. The van der Waals surface area contributed by atoms with E-state index in [0.29, 0.717) is 34.8 Å². The lowest BCUT2D eigenvalue weighted by atomic mass is 10.1. The molecule has 0 saturated carbocycles. The summed E-state index contributed by atoms with van der Waals surface area (Å²) in [6, 6.07) is 12.1. The first-order valence-electron chi connectivity index (χ1n) is 6.03. The Hall–Kier alpha value is -2.87. The van der Waals surface area contributed by atoms with Gasteiger partial charge >= 0.3 is 0 Å². The molecular weight excluding hydrogens is 254 g/mol. The molecule has 0 heterocycles. The van der Waals surface area contributed by atoms with Gasteiger partial charge in [-0.2, -0.15) is 5.26 Å². The Bertz CT molecular complexity index is 663. The lowest BCUT2D eigenvalue weighted by Gasteiger charge is -2.11. The van der Waals surface area contributed by atoms with E-state index in [1.807, 2.05) is 0 Å². The zero-order chi connectivity index (χ0) is 14.5. The van der Waals surface area contributed by atoms with Gasteiger partial charge in [0.05, 0.1) is 18.4 Å². The van der Waals surface area contributed by atoms with Gasteiger partial charge in [-0.25, -0.2) is 0 Å². The minimum absolute atomic E-state index is 0.160. The van der Waals surface area contributed by atoms with Crippen molar-refractivity contribution in [3.05, 3.63) is 47.5 Å². The Kier molecular flexibility index (Phi) is 3.96. The number of nitrogens with zero attached hydrogens (tertiary/aromatic N) is 1. The maximum Gasteiger partial charge on any atom is 0.121 e. The third-order valence-electron chi connectivity index (χ3n) is 2.92. The Morgan fingerprint density at radius 2 is 2.10 bits per heavy atom. The van der Waals surface area contributed by atoms with E-state index in [-0.39, 0.29) is 5.75 Å². The first-order valence-corrected chi connectivity index (χ1v) is 6.03. The quantitative estimate of drug-likeness (QED) is 0.586. The van der Waals surface area contributed by atoms with Gasteiger partial charge < -0.3 is 20.9 Å². The van der Waals surface area contributed by atoms with Crippen LogP contribution in [0.5, 0.6) is 11.5 Å². The molecule has 0 aliphatic heterocycles. The maximum atomic E-state index is 9.75. The topological polar surface area (TPSA) is 91.3 Å². The number of nitrogens with two attached hydrogens (primary N) is 1. The molecule has 0 amide bonds. The van der Waals surface area contributed by atoms with Crippen molar-refractivity contribution in [3.8, 4) is 17.6 Å². The minimum Gasteiger partial charge on any atom is -0.508 e. The average molecular weight is 269 g/mol. The van der Waals surface area contributed by atoms with E-state index in [2.05, 4.69) is 11.4 Å². The smallest absolute Gasteiger partial charge is 0.121 e. The van der Waals surface area contributed by atoms with E-state index in [4.69, 9.17) is 15.7 Å². The van der Waals surface area contributed by atoms with Crippen LogP contribution in [0, 0.1) is 11.3 Å². The van der Waals surface area contributed by atoms with Crippen molar-refractivity contribution in [2.75, 3.05) is 18.2 Å². The number of phenolic OH excluding ortho intramolecular Hbond substituents is 1. The number of nitriles is 1. The molecule has 2 aromatic rings. The Labute approximate surface area is 117 Å². The van der Waals surface area contributed by atoms with Gasteiger partial charge in [-0.3, -0.25) is 0 Å². The van der Waals surface area contributed by atoms with Crippen molar-refractivity contribution in [3.63, 3.8) is 0 Å². The highest BCUT2D eigenvalue weighted by Crippen LogP contribution is 2.25. The summed E-state index contributed by atoms with van der Waals surface area (Å²) in [5.41, 5.74) is 8.08. The van der Waals surface area contributed by atoms with Crippen molar-refractivity contribution < 1.29 is 9.84 Å². The summed E-state index contributed by atoms with van der Waals surface area (Å²) >= 11 is 0. The van der Waals surface area contributed by atoms with Gasteiger partial charge in [0.25, 0.3) is 0 Å². The van der Waals surface area contributed by atoms with E-state index in [9.17, 15) is 5.11 Å². The van der Waals surface area contributed by atoms with Crippen LogP contribution >= 0.6 is 0 Å². The Morgan fingerprint density at radius 1 is 1.30 bits per heavy atom. The Balaban J connectivity index is 2.22. The number of methoxy groups -OCH3 is 1. The molecule has 0 bridgehead atoms. The average Bonchev–Trinajstić information content (AvgIpc) is 2.47. The molecule has 0 fully saturated rings. The maximum absolute atomic E-state index is 9.75. The van der Waals surface area contributed by atoms with Crippen LogP contribution in [-0.2, 0) is 6.54 Å². The van der Waals surface area contributed by atoms with Gasteiger partial charge in [0, 0.05) is 23.9 Å². The lowest BCUT2D eigenvalue weighted by molar-refractivity contribution is 0.415. The van der Waals surface area contributed by atoms with Crippen LogP contribution in [-0.4, -0.2) is 12.2 Å². The number of nitrogens with one attached hydrogen (secondary N) is 1. The summed E-state index contributed by atoms with van der Waals surface area (Å²) < 4.78 is 5.13. The van der Waals surface area contributed by atoms with Gasteiger partial charge in [0.1, 0.15) is 17.6 Å². The Morgan fingerprint density at radius 3 is 2.80 bits per heavy atom. The number of anilines is 2. The number of aromatic hydroxyl groups is 1. The number of hydrogen-bond acceptors (Lipinski definition) is 5. The van der Waals surface area contributed by atoms with Crippen molar-refractivity contribution in [2.45, 2.75) is 6.54 Å². The van der Waals surface area contributed by atoms with Gasteiger partial charge in [-0.05, 0) is 30.3 Å². The van der Waals surface area contributed by atoms with E-state index in [1.165, 1.54) is 0 Å². The molecule has 0 atom stereocenters. The number of ether oxygens (including phenoxy) is 1. The molecule has 0 unspecified atom stereocenters. The van der Waals surface area contributed by atoms with Crippen molar-refractivity contribution in [1.29, 1.82) is 5.26 Å². The van der Waals surface area contributed by atoms with E-state index < -0.39 is 0 Å². The van der Waals surface area contributed by atoms with Gasteiger partial charge in [0.15, 0.2) is 0 Å². The molecule has 4 N–H and O–H groups in total. The van der Waals surface area contributed by atoms with Crippen LogP contribution in [0.3, 0.4) is 0 Å². The highest BCUT2D eigenvalue weighted by Gasteiger charge is 2.06. The predicted molar refractivity (Wildman–Crippen MR) is 77.6 cm³/mol. The van der Waals surface area contributed by atoms with Gasteiger partial charge in [-0.1, -0.05) is 0 Å². The number of phenols is 1. The first-order chi connectivity index (χ1) is 9.63. The van der Waals surface area contributed by atoms with Crippen LogP contribution in [0.4, 0.5) is 11.4 Å². The zero-order valence-electron chi connectivity index (χ0n) is 11.1. The molecule has 5 nitrogen and oxygen atoms in total. The monoisotopic (exact) mass is 269 g/mol. The third kappa shape index (κ3) is 2.93. The van der Waals surface area contributed by atoms with E-state index in [0.717, 1.165) is 0 Å². The molecule has 20 heavy (non-hydrogen) atoms. The van der Waals surface area contributed by atoms with Gasteiger partial charge in [-0.15, -0.1) is 0 Å². The van der Waals surface area contributed by atoms with E-state index >= 15 is 0 Å². The summed E-state index contributed by atoms with van der Waals surface area (Å²) in [4.78, 5) is 0. The normalized spacial score (nSPS) is 9.80. The fraction of sp³-hybridized carbons (Fsp3) is 0.133. The van der Waals surface area contributed by atoms with Gasteiger partial charge in [0.2, 0.25) is 0 Å². The molecule has 0 aliphatic carbocycles. The second-order valence-corrected chi connectivity index (χ2v) is 4.27. The SMILES string of the molecule is COc1ccc(C#N)c(NCc2cc(N)ccc2O)c1. The molecule has 2 aromatic carbocycles.